The number of thiophene rings is 1. The van der Waals surface area contributed by atoms with E-state index in [1.54, 1.807) is 0 Å². The Morgan fingerprint density at radius 2 is 2.04 bits per heavy atom. The van der Waals surface area contributed by atoms with Gasteiger partial charge in [0.15, 0.2) is 5.96 Å². The summed E-state index contributed by atoms with van der Waals surface area (Å²) in [7, 11) is 6.20. The molecule has 0 bridgehead atoms. The van der Waals surface area contributed by atoms with Crippen LogP contribution in [0.4, 0.5) is 0 Å². The molecule has 3 rings (SSSR count). The van der Waals surface area contributed by atoms with Gasteiger partial charge in [0.2, 0.25) is 0 Å². The minimum absolute atomic E-state index is 0.366. The van der Waals surface area contributed by atoms with Gasteiger partial charge in [-0.1, -0.05) is 6.07 Å². The predicted molar refractivity (Wildman–Crippen MR) is 109 cm³/mol. The maximum Gasteiger partial charge on any atom is 0.191 e. The first-order valence-corrected chi connectivity index (χ1v) is 10.5. The van der Waals surface area contributed by atoms with Gasteiger partial charge in [-0.25, -0.2) is 0 Å². The van der Waals surface area contributed by atoms with E-state index >= 15 is 0 Å². The Balaban J connectivity index is 1.54. The quantitative estimate of drug-likeness (QED) is 0.531. The Bertz CT molecular complexity index is 550. The molecule has 26 heavy (non-hydrogen) atoms. The summed E-state index contributed by atoms with van der Waals surface area (Å²) in [6, 6.07) is 5.32. The maximum atomic E-state index is 5.53. The molecule has 1 aromatic rings. The molecule has 2 aliphatic rings. The Labute approximate surface area is 161 Å². The lowest BCUT2D eigenvalue weighted by molar-refractivity contribution is 0.0177. The molecule has 2 fully saturated rings. The highest BCUT2D eigenvalue weighted by Crippen LogP contribution is 2.34. The van der Waals surface area contributed by atoms with Crippen molar-refractivity contribution in [3.63, 3.8) is 0 Å². The summed E-state index contributed by atoms with van der Waals surface area (Å²) in [5.74, 6) is 1.73. The van der Waals surface area contributed by atoms with Gasteiger partial charge in [-0.15, -0.1) is 11.3 Å². The molecule has 7 heteroatoms. The third kappa shape index (κ3) is 5.42. The van der Waals surface area contributed by atoms with E-state index in [2.05, 4.69) is 57.0 Å². The van der Waals surface area contributed by atoms with E-state index in [1.807, 2.05) is 18.4 Å². The first-order valence-electron chi connectivity index (χ1n) is 9.65. The lowest BCUT2D eigenvalue weighted by atomic mass is 10.1. The minimum Gasteiger partial charge on any atom is -0.379 e. The molecular formula is C19H33N5OS. The zero-order chi connectivity index (χ0) is 18.4. The fourth-order valence-corrected chi connectivity index (χ4v) is 4.51. The lowest BCUT2D eigenvalue weighted by Gasteiger charge is -2.34. The third-order valence-corrected chi connectivity index (χ3v) is 6.33. The first-order chi connectivity index (χ1) is 12.7. The van der Waals surface area contributed by atoms with Crippen molar-refractivity contribution in [3.8, 4) is 0 Å². The zero-order valence-electron chi connectivity index (χ0n) is 16.3. The molecule has 6 nitrogen and oxygen atoms in total. The summed E-state index contributed by atoms with van der Waals surface area (Å²) in [4.78, 5) is 10.7. The average Bonchev–Trinajstić information content (AvgIpc) is 3.34. The van der Waals surface area contributed by atoms with Gasteiger partial charge in [0.25, 0.3) is 0 Å². The molecule has 2 N–H and O–H groups in total. The van der Waals surface area contributed by atoms with Crippen LogP contribution in [-0.4, -0.2) is 82.3 Å². The van der Waals surface area contributed by atoms with E-state index in [0.29, 0.717) is 12.1 Å². The highest BCUT2D eigenvalue weighted by molar-refractivity contribution is 7.10. The minimum atomic E-state index is 0.366. The normalized spacial score (nSPS) is 21.6. The highest BCUT2D eigenvalue weighted by atomic mass is 32.1. The number of aliphatic imine (C=N–C) groups is 1. The molecular weight excluding hydrogens is 346 g/mol. The third-order valence-electron chi connectivity index (χ3n) is 5.35. The second-order valence-corrected chi connectivity index (χ2v) is 8.36. The van der Waals surface area contributed by atoms with Gasteiger partial charge < -0.3 is 20.3 Å². The fourth-order valence-electron chi connectivity index (χ4n) is 3.65. The number of hydrogen-bond donors (Lipinski definition) is 2. The smallest absolute Gasteiger partial charge is 0.191 e. The van der Waals surface area contributed by atoms with Gasteiger partial charge >= 0.3 is 0 Å². The summed E-state index contributed by atoms with van der Waals surface area (Å²) in [6.07, 6.45) is 2.71. The van der Waals surface area contributed by atoms with E-state index in [4.69, 9.17) is 4.74 Å². The van der Waals surface area contributed by atoms with Gasteiger partial charge in [-0.05, 0) is 44.3 Å². The molecule has 2 unspecified atom stereocenters. The molecule has 1 aliphatic carbocycles. The second-order valence-electron chi connectivity index (χ2n) is 7.38. The number of hydrogen-bond acceptors (Lipinski definition) is 5. The van der Waals surface area contributed by atoms with Crippen LogP contribution in [0.3, 0.4) is 0 Å². The number of morpholine rings is 1. The lowest BCUT2D eigenvalue weighted by Crippen LogP contribution is -2.49. The molecule has 1 aliphatic heterocycles. The van der Waals surface area contributed by atoms with Gasteiger partial charge in [-0.3, -0.25) is 9.89 Å². The number of ether oxygens (including phenoxy) is 1. The zero-order valence-corrected chi connectivity index (χ0v) is 17.1. The number of nitrogens with zero attached hydrogens (tertiary/aromatic N) is 3. The van der Waals surface area contributed by atoms with E-state index in [-0.39, 0.29) is 0 Å². The van der Waals surface area contributed by atoms with Crippen molar-refractivity contribution < 1.29 is 4.74 Å². The molecule has 0 spiro atoms. The molecule has 2 atom stereocenters. The van der Waals surface area contributed by atoms with Crippen LogP contribution in [0.5, 0.6) is 0 Å². The van der Waals surface area contributed by atoms with Crippen LogP contribution in [0.2, 0.25) is 0 Å². The van der Waals surface area contributed by atoms with E-state index in [9.17, 15) is 0 Å². The number of nitrogens with one attached hydrogen (secondary N) is 2. The summed E-state index contributed by atoms with van der Waals surface area (Å²) in [6.45, 7) is 5.41. The van der Waals surface area contributed by atoms with Crippen molar-refractivity contribution >= 4 is 17.3 Å². The van der Waals surface area contributed by atoms with Crippen molar-refractivity contribution in [3.05, 3.63) is 22.4 Å². The molecule has 2 heterocycles. The maximum absolute atomic E-state index is 5.53. The van der Waals surface area contributed by atoms with Crippen LogP contribution in [0, 0.1) is 5.92 Å². The van der Waals surface area contributed by atoms with Crippen LogP contribution in [0.15, 0.2) is 22.5 Å². The fraction of sp³-hybridized carbons (Fsp3) is 0.737. The largest absolute Gasteiger partial charge is 0.379 e. The predicted octanol–water partition coefficient (Wildman–Crippen LogP) is 1.63. The van der Waals surface area contributed by atoms with Crippen molar-refractivity contribution in [1.82, 2.24) is 20.4 Å². The topological polar surface area (TPSA) is 52.1 Å². The molecule has 0 radical (unpaired) electrons. The average molecular weight is 380 g/mol. The van der Waals surface area contributed by atoms with Crippen molar-refractivity contribution in [2.75, 3.05) is 60.5 Å². The number of likely N-dealkylation sites (N-methyl/N-ethyl adjacent to an activating group) is 1. The molecule has 1 saturated heterocycles. The van der Waals surface area contributed by atoms with Crippen molar-refractivity contribution in [1.29, 1.82) is 0 Å². The number of guanidine groups is 1. The summed E-state index contributed by atoms with van der Waals surface area (Å²) in [5.41, 5.74) is 0. The van der Waals surface area contributed by atoms with Crippen LogP contribution < -0.4 is 10.6 Å². The summed E-state index contributed by atoms with van der Waals surface area (Å²) < 4.78 is 5.53. The highest BCUT2D eigenvalue weighted by Gasteiger charge is 2.32. The van der Waals surface area contributed by atoms with E-state index in [1.165, 1.54) is 17.7 Å². The van der Waals surface area contributed by atoms with Crippen LogP contribution in [0.25, 0.3) is 0 Å². The second kappa shape index (κ2) is 9.69. The van der Waals surface area contributed by atoms with Crippen LogP contribution in [-0.2, 0) is 4.74 Å². The standard InChI is InChI=1S/C19H33N5OS/c1-20-19(21-13-16(23(2)3)15-6-7-15)22-14-17(18-5-4-12-26-18)24-8-10-25-11-9-24/h4-5,12,15-17H,6-11,13-14H2,1-3H3,(H2,20,21,22). The Morgan fingerprint density at radius 1 is 1.31 bits per heavy atom. The van der Waals surface area contributed by atoms with Crippen LogP contribution in [0.1, 0.15) is 23.8 Å². The number of rotatable bonds is 8. The van der Waals surface area contributed by atoms with E-state index in [0.717, 1.165) is 51.3 Å². The Kier molecular flexibility index (Phi) is 7.31. The first kappa shape index (κ1) is 19.6. The Hall–Kier alpha value is -1.15. The molecule has 0 aromatic carbocycles. The molecule has 1 aromatic heterocycles. The van der Waals surface area contributed by atoms with Gasteiger partial charge in [0, 0.05) is 44.1 Å². The SMILES string of the molecule is CN=C(NCC(C1CC1)N(C)C)NCC(c1cccs1)N1CCOCC1. The van der Waals surface area contributed by atoms with Crippen LogP contribution >= 0.6 is 11.3 Å². The van der Waals surface area contributed by atoms with Gasteiger partial charge in [-0.2, -0.15) is 0 Å². The summed E-state index contributed by atoms with van der Waals surface area (Å²) >= 11 is 1.83. The van der Waals surface area contributed by atoms with Crippen molar-refractivity contribution in [2.45, 2.75) is 24.9 Å². The van der Waals surface area contributed by atoms with Crippen molar-refractivity contribution in [2.24, 2.45) is 10.9 Å². The van der Waals surface area contributed by atoms with Gasteiger partial charge in [0.1, 0.15) is 0 Å². The molecule has 0 amide bonds. The monoisotopic (exact) mass is 379 g/mol. The Morgan fingerprint density at radius 3 is 2.62 bits per heavy atom. The van der Waals surface area contributed by atoms with E-state index < -0.39 is 0 Å². The van der Waals surface area contributed by atoms with Gasteiger partial charge in [0.05, 0.1) is 19.3 Å². The molecule has 1 saturated carbocycles. The summed E-state index contributed by atoms with van der Waals surface area (Å²) in [5, 5.41) is 9.25. The molecule has 146 valence electrons.